The number of halogens is 2. The van der Waals surface area contributed by atoms with E-state index in [0.717, 1.165) is 10.2 Å². The maximum absolute atomic E-state index is 3.93. The van der Waals surface area contributed by atoms with Gasteiger partial charge in [0, 0.05) is 9.14 Å². The van der Waals surface area contributed by atoms with E-state index in [1.807, 2.05) is 0 Å². The van der Waals surface area contributed by atoms with Gasteiger partial charge in [0.05, 0.1) is 6.20 Å². The zero-order valence-corrected chi connectivity index (χ0v) is 11.2. The van der Waals surface area contributed by atoms with E-state index in [0.29, 0.717) is 0 Å². The molecule has 1 heterocycles. The molecule has 1 aliphatic heterocycles. The normalized spacial score (nSPS) is 14.8. The highest BCUT2D eigenvalue weighted by Crippen LogP contribution is 2.26. The Morgan fingerprint density at radius 1 is 1.36 bits per heavy atom. The molecule has 2 nitrogen and oxygen atoms in total. The lowest BCUT2D eigenvalue weighted by molar-refractivity contribution is 0.976. The molecule has 1 aliphatic rings. The van der Waals surface area contributed by atoms with Crippen LogP contribution in [0.4, 0.5) is 0 Å². The number of aryl methyl sites for hydroxylation is 1. The summed E-state index contributed by atoms with van der Waals surface area (Å²) in [6.07, 6.45) is 1.78. The largest absolute Gasteiger partial charge is 0.157 e. The molecule has 0 amide bonds. The Morgan fingerprint density at radius 2 is 2.14 bits per heavy atom. The molecule has 0 aliphatic carbocycles. The first-order valence-electron chi connectivity index (χ1n) is 4.09. The van der Waals surface area contributed by atoms with Crippen molar-refractivity contribution in [2.24, 2.45) is 5.10 Å². The van der Waals surface area contributed by atoms with E-state index in [1.165, 1.54) is 14.7 Å². The smallest absolute Gasteiger partial charge is 0.138 e. The molecule has 4 heteroatoms. The third-order valence-corrected chi connectivity index (χ3v) is 3.30. The quantitative estimate of drug-likeness (QED) is 0.686. The van der Waals surface area contributed by atoms with Crippen molar-refractivity contribution in [3.63, 3.8) is 0 Å². The van der Waals surface area contributed by atoms with Crippen LogP contribution in [0.3, 0.4) is 0 Å². The third-order valence-electron chi connectivity index (χ3n) is 2.04. The van der Waals surface area contributed by atoms with E-state index < -0.39 is 0 Å². The van der Waals surface area contributed by atoms with E-state index >= 15 is 0 Å². The molecule has 0 atom stereocenters. The maximum Gasteiger partial charge on any atom is 0.138 e. The summed E-state index contributed by atoms with van der Waals surface area (Å²) in [5.41, 5.74) is 7.35. The summed E-state index contributed by atoms with van der Waals surface area (Å²) in [5.74, 6) is 0. The van der Waals surface area contributed by atoms with Crippen LogP contribution in [-0.2, 0) is 0 Å². The van der Waals surface area contributed by atoms with E-state index in [1.54, 1.807) is 6.20 Å². The standard InChI is InChI=1S/C10H7BrIN2/c1-6-2-3-7(12)4-8(6)9-5-13-14-10(9)11/h2-5H,1H3. The first kappa shape index (κ1) is 10.2. The third kappa shape index (κ3) is 1.86. The van der Waals surface area contributed by atoms with Gasteiger partial charge in [-0.25, -0.2) is 0 Å². The first-order chi connectivity index (χ1) is 6.68. The highest BCUT2D eigenvalue weighted by atomic mass is 127. The fourth-order valence-electron chi connectivity index (χ4n) is 1.31. The van der Waals surface area contributed by atoms with Crippen LogP contribution in [0.1, 0.15) is 11.1 Å². The fraction of sp³-hybridized carbons (Fsp3) is 0.100. The number of hydrogen-bond donors (Lipinski definition) is 0. The summed E-state index contributed by atoms with van der Waals surface area (Å²) in [7, 11) is 0. The van der Waals surface area contributed by atoms with Crippen molar-refractivity contribution in [3.05, 3.63) is 39.1 Å². The fourth-order valence-corrected chi connectivity index (χ4v) is 2.21. The Hall–Kier alpha value is -0.360. The zero-order valence-electron chi connectivity index (χ0n) is 7.46. The van der Waals surface area contributed by atoms with Crippen LogP contribution in [0.2, 0.25) is 0 Å². The molecule has 0 aromatic heterocycles. The van der Waals surface area contributed by atoms with Crippen LogP contribution in [0.5, 0.6) is 0 Å². The number of rotatable bonds is 1. The molecule has 1 aromatic rings. The highest BCUT2D eigenvalue weighted by molar-refractivity contribution is 14.1. The van der Waals surface area contributed by atoms with Crippen molar-refractivity contribution in [1.82, 2.24) is 5.43 Å². The van der Waals surface area contributed by atoms with Crippen molar-refractivity contribution >= 4 is 48.7 Å². The van der Waals surface area contributed by atoms with Gasteiger partial charge in [-0.05, 0) is 68.7 Å². The zero-order chi connectivity index (χ0) is 10.1. The lowest BCUT2D eigenvalue weighted by Gasteiger charge is -2.05. The van der Waals surface area contributed by atoms with Gasteiger partial charge in [-0.15, -0.1) is 5.10 Å². The van der Waals surface area contributed by atoms with Gasteiger partial charge in [0.2, 0.25) is 0 Å². The average molecular weight is 362 g/mol. The van der Waals surface area contributed by atoms with Crippen LogP contribution in [0.25, 0.3) is 5.57 Å². The maximum atomic E-state index is 3.93. The van der Waals surface area contributed by atoms with Gasteiger partial charge in [-0.2, -0.15) is 5.43 Å². The minimum absolute atomic E-state index is 0.808. The Balaban J connectivity index is 2.51. The highest BCUT2D eigenvalue weighted by Gasteiger charge is 2.14. The van der Waals surface area contributed by atoms with Crippen LogP contribution in [-0.4, -0.2) is 4.62 Å². The lowest BCUT2D eigenvalue weighted by Crippen LogP contribution is -1.93. The van der Waals surface area contributed by atoms with E-state index in [4.69, 9.17) is 0 Å². The molecule has 71 valence electrons. The molecule has 0 fully saturated rings. The molecule has 0 spiro atoms. The van der Waals surface area contributed by atoms with Crippen molar-refractivity contribution in [2.45, 2.75) is 6.92 Å². The second-order valence-electron chi connectivity index (χ2n) is 3.01. The number of nitrogens with zero attached hydrogens (tertiary/aromatic N) is 2. The Morgan fingerprint density at radius 3 is 2.79 bits per heavy atom. The van der Waals surface area contributed by atoms with Crippen LogP contribution >= 0.6 is 38.5 Å². The summed E-state index contributed by atoms with van der Waals surface area (Å²) >= 11 is 5.69. The monoisotopic (exact) mass is 361 g/mol. The van der Waals surface area contributed by atoms with E-state index in [9.17, 15) is 0 Å². The molecule has 14 heavy (non-hydrogen) atoms. The minimum atomic E-state index is 0.808. The summed E-state index contributed by atoms with van der Waals surface area (Å²) in [4.78, 5) is 0. The lowest BCUT2D eigenvalue weighted by atomic mass is 10.0. The molecule has 0 saturated carbocycles. The first-order valence-corrected chi connectivity index (χ1v) is 5.96. The van der Waals surface area contributed by atoms with E-state index in [2.05, 4.69) is 74.2 Å². The van der Waals surface area contributed by atoms with Gasteiger partial charge in [0.15, 0.2) is 0 Å². The summed E-state index contributed by atoms with van der Waals surface area (Å²) in [6, 6.07) is 6.34. The Bertz CT molecular complexity index is 438. The van der Waals surface area contributed by atoms with Crippen molar-refractivity contribution in [1.29, 1.82) is 0 Å². The second-order valence-corrected chi connectivity index (χ2v) is 5.01. The van der Waals surface area contributed by atoms with Crippen LogP contribution in [0, 0.1) is 10.5 Å². The molecule has 0 saturated heterocycles. The Kier molecular flexibility index (Phi) is 2.92. The SMILES string of the molecule is Cc1ccc(I)cc1C1=C[N]N=C1Br. The molecule has 1 aromatic carbocycles. The average Bonchev–Trinajstić information content (AvgIpc) is 2.56. The topological polar surface area (TPSA) is 26.5 Å². The molecular weight excluding hydrogens is 355 g/mol. The summed E-state index contributed by atoms with van der Waals surface area (Å²) in [5, 5.41) is 3.93. The van der Waals surface area contributed by atoms with Gasteiger partial charge in [0.25, 0.3) is 0 Å². The number of allylic oxidation sites excluding steroid dienone is 1. The second kappa shape index (κ2) is 4.02. The Labute approximate surface area is 105 Å². The van der Waals surface area contributed by atoms with Gasteiger partial charge < -0.3 is 0 Å². The van der Waals surface area contributed by atoms with Gasteiger partial charge in [-0.3, -0.25) is 0 Å². The molecule has 1 radical (unpaired) electrons. The van der Waals surface area contributed by atoms with Crippen molar-refractivity contribution in [3.8, 4) is 0 Å². The van der Waals surface area contributed by atoms with Crippen molar-refractivity contribution < 1.29 is 0 Å². The van der Waals surface area contributed by atoms with Gasteiger partial charge >= 0.3 is 0 Å². The molecule has 0 N–H and O–H groups in total. The molecule has 0 bridgehead atoms. The minimum Gasteiger partial charge on any atom is -0.157 e. The molecule has 2 rings (SSSR count). The molecule has 0 unspecified atom stereocenters. The summed E-state index contributed by atoms with van der Waals surface area (Å²) in [6.45, 7) is 2.09. The number of benzene rings is 1. The van der Waals surface area contributed by atoms with Gasteiger partial charge in [-0.1, -0.05) is 6.07 Å². The molecular formula is C10H7BrIN2. The summed E-state index contributed by atoms with van der Waals surface area (Å²) < 4.78 is 2.03. The predicted octanol–water partition coefficient (Wildman–Crippen LogP) is 3.27. The van der Waals surface area contributed by atoms with E-state index in [-0.39, 0.29) is 0 Å². The van der Waals surface area contributed by atoms with Crippen LogP contribution in [0.15, 0.2) is 29.5 Å². The predicted molar refractivity (Wildman–Crippen MR) is 70.4 cm³/mol. The number of hydrogen-bond acceptors (Lipinski definition) is 1. The van der Waals surface area contributed by atoms with Crippen LogP contribution < -0.4 is 5.43 Å². The van der Waals surface area contributed by atoms with Gasteiger partial charge in [0.1, 0.15) is 4.62 Å². The van der Waals surface area contributed by atoms with Crippen molar-refractivity contribution in [2.75, 3.05) is 0 Å².